The van der Waals surface area contributed by atoms with Gasteiger partial charge in [0.25, 0.3) is 0 Å². The zero-order chi connectivity index (χ0) is 17.5. The van der Waals surface area contributed by atoms with Crippen LogP contribution in [0.5, 0.6) is 0 Å². The molecule has 0 aromatic carbocycles. The van der Waals surface area contributed by atoms with E-state index in [0.29, 0.717) is 0 Å². The molecule has 0 aliphatic carbocycles. The third kappa shape index (κ3) is 6.80. The molecule has 1 amide bonds. The van der Waals surface area contributed by atoms with Gasteiger partial charge in [0.15, 0.2) is 8.32 Å². The van der Waals surface area contributed by atoms with Crippen LogP contribution in [0.2, 0.25) is 18.1 Å². The Morgan fingerprint density at radius 3 is 2.39 bits per heavy atom. The first-order valence-corrected chi connectivity index (χ1v) is 12.2. The van der Waals surface area contributed by atoms with E-state index in [1.807, 2.05) is 6.92 Å². The van der Waals surface area contributed by atoms with E-state index in [-0.39, 0.29) is 23.0 Å². The van der Waals surface area contributed by atoms with Gasteiger partial charge in [-0.3, -0.25) is 4.79 Å². The minimum Gasteiger partial charge on any atom is -0.410 e. The van der Waals surface area contributed by atoms with E-state index in [9.17, 15) is 4.79 Å². The SMILES string of the molecule is C[C@@H]1C(=O)NCCCCCCC/C=C/[C@@H]1O[Si](C)(C)C(C)(C)C. The second kappa shape index (κ2) is 9.02. The van der Waals surface area contributed by atoms with Crippen molar-refractivity contribution in [2.45, 2.75) is 90.5 Å². The third-order valence-electron chi connectivity index (χ3n) is 5.32. The van der Waals surface area contributed by atoms with Gasteiger partial charge in [0.1, 0.15) is 0 Å². The number of rotatable bonds is 2. The van der Waals surface area contributed by atoms with Gasteiger partial charge in [-0.15, -0.1) is 0 Å². The van der Waals surface area contributed by atoms with Crippen molar-refractivity contribution in [1.29, 1.82) is 0 Å². The summed E-state index contributed by atoms with van der Waals surface area (Å²) in [5.41, 5.74) is 0. The molecule has 2 atom stereocenters. The summed E-state index contributed by atoms with van der Waals surface area (Å²) in [6.07, 6.45) is 11.4. The molecule has 1 aliphatic rings. The summed E-state index contributed by atoms with van der Waals surface area (Å²) in [6, 6.07) is 0. The number of hydrogen-bond donors (Lipinski definition) is 1. The molecule has 1 N–H and O–H groups in total. The van der Waals surface area contributed by atoms with Gasteiger partial charge < -0.3 is 9.74 Å². The van der Waals surface area contributed by atoms with Gasteiger partial charge in [0, 0.05) is 6.54 Å². The molecule has 1 aliphatic heterocycles. The van der Waals surface area contributed by atoms with Crippen molar-refractivity contribution >= 4 is 14.2 Å². The monoisotopic (exact) mass is 339 g/mol. The quantitative estimate of drug-likeness (QED) is 0.565. The smallest absolute Gasteiger partial charge is 0.225 e. The summed E-state index contributed by atoms with van der Waals surface area (Å²) in [5, 5.41) is 3.24. The molecule has 23 heavy (non-hydrogen) atoms. The molecule has 0 unspecified atom stereocenters. The molecule has 134 valence electrons. The first-order valence-electron chi connectivity index (χ1n) is 9.27. The highest BCUT2D eigenvalue weighted by atomic mass is 28.4. The predicted molar refractivity (Wildman–Crippen MR) is 101 cm³/mol. The highest BCUT2D eigenvalue weighted by Gasteiger charge is 2.40. The Labute approximate surface area is 144 Å². The van der Waals surface area contributed by atoms with E-state index in [1.54, 1.807) is 0 Å². The Kier molecular flexibility index (Phi) is 8.02. The molecule has 0 bridgehead atoms. The first-order chi connectivity index (χ1) is 10.6. The van der Waals surface area contributed by atoms with E-state index in [0.717, 1.165) is 19.4 Å². The number of carbonyl (C=O) groups is 1. The molecule has 0 fully saturated rings. The van der Waals surface area contributed by atoms with Crippen molar-refractivity contribution in [1.82, 2.24) is 5.32 Å². The van der Waals surface area contributed by atoms with Gasteiger partial charge in [-0.05, 0) is 37.4 Å². The highest BCUT2D eigenvalue weighted by molar-refractivity contribution is 6.74. The lowest BCUT2D eigenvalue weighted by Crippen LogP contribution is -2.47. The largest absolute Gasteiger partial charge is 0.410 e. The van der Waals surface area contributed by atoms with Crippen LogP contribution in [-0.4, -0.2) is 26.9 Å². The summed E-state index contributed by atoms with van der Waals surface area (Å²) >= 11 is 0. The number of carbonyl (C=O) groups excluding carboxylic acids is 1. The maximum absolute atomic E-state index is 12.5. The summed E-state index contributed by atoms with van der Waals surface area (Å²) in [7, 11) is -1.90. The normalized spacial score (nSPS) is 27.3. The van der Waals surface area contributed by atoms with Gasteiger partial charge in [-0.2, -0.15) is 0 Å². The second-order valence-corrected chi connectivity index (χ2v) is 13.2. The van der Waals surface area contributed by atoms with Crippen LogP contribution < -0.4 is 5.32 Å². The van der Waals surface area contributed by atoms with Gasteiger partial charge >= 0.3 is 0 Å². The van der Waals surface area contributed by atoms with Crippen molar-refractivity contribution in [2.24, 2.45) is 5.92 Å². The fourth-order valence-electron chi connectivity index (χ4n) is 2.49. The molecule has 0 aromatic heterocycles. The van der Waals surface area contributed by atoms with E-state index in [4.69, 9.17) is 4.43 Å². The van der Waals surface area contributed by atoms with Crippen molar-refractivity contribution in [3.8, 4) is 0 Å². The van der Waals surface area contributed by atoms with Crippen molar-refractivity contribution in [3.05, 3.63) is 12.2 Å². The third-order valence-corrected chi connectivity index (χ3v) is 9.79. The van der Waals surface area contributed by atoms with Crippen LogP contribution in [0.25, 0.3) is 0 Å². The second-order valence-electron chi connectivity index (χ2n) is 8.41. The van der Waals surface area contributed by atoms with Crippen LogP contribution in [0, 0.1) is 5.92 Å². The van der Waals surface area contributed by atoms with Crippen LogP contribution in [0.4, 0.5) is 0 Å². The molecule has 1 heterocycles. The molecule has 0 radical (unpaired) electrons. The summed E-state index contributed by atoms with van der Waals surface area (Å²) in [4.78, 5) is 12.5. The van der Waals surface area contributed by atoms with Gasteiger partial charge in [-0.25, -0.2) is 0 Å². The van der Waals surface area contributed by atoms with Crippen LogP contribution in [0.15, 0.2) is 12.2 Å². The lowest BCUT2D eigenvalue weighted by atomic mass is 10.0. The molecule has 1 rings (SSSR count). The van der Waals surface area contributed by atoms with Crippen molar-refractivity contribution in [3.63, 3.8) is 0 Å². The Hall–Kier alpha value is -0.613. The Morgan fingerprint density at radius 1 is 1.13 bits per heavy atom. The molecule has 0 saturated heterocycles. The molecular weight excluding hydrogens is 302 g/mol. The fraction of sp³-hybridized carbons (Fsp3) is 0.842. The Morgan fingerprint density at radius 2 is 1.74 bits per heavy atom. The van der Waals surface area contributed by atoms with E-state index in [2.05, 4.69) is 51.3 Å². The number of nitrogens with one attached hydrogen (secondary N) is 1. The van der Waals surface area contributed by atoms with E-state index < -0.39 is 8.32 Å². The molecule has 0 spiro atoms. The van der Waals surface area contributed by atoms with Crippen molar-refractivity contribution < 1.29 is 9.22 Å². The fourth-order valence-corrected chi connectivity index (χ4v) is 3.81. The predicted octanol–water partition coefficient (Wildman–Crippen LogP) is 5.04. The Balaban J connectivity index is 2.87. The lowest BCUT2D eigenvalue weighted by Gasteiger charge is -2.39. The van der Waals surface area contributed by atoms with Crippen LogP contribution in [0.3, 0.4) is 0 Å². The summed E-state index contributed by atoms with van der Waals surface area (Å²) < 4.78 is 6.55. The van der Waals surface area contributed by atoms with E-state index >= 15 is 0 Å². The number of hydrogen-bond acceptors (Lipinski definition) is 2. The first kappa shape index (κ1) is 20.4. The summed E-state index contributed by atoms with van der Waals surface area (Å²) in [5.74, 6) is -0.0151. The van der Waals surface area contributed by atoms with E-state index in [1.165, 1.54) is 25.7 Å². The Bertz CT molecular complexity index is 399. The average Bonchev–Trinajstić information content (AvgIpc) is 2.45. The molecular formula is C19H37NO2Si. The lowest BCUT2D eigenvalue weighted by molar-refractivity contribution is -0.126. The van der Waals surface area contributed by atoms with Gasteiger partial charge in [0.05, 0.1) is 12.0 Å². The zero-order valence-electron chi connectivity index (χ0n) is 16.1. The molecule has 0 saturated carbocycles. The molecule has 3 nitrogen and oxygen atoms in total. The average molecular weight is 340 g/mol. The molecule has 0 aromatic rings. The minimum absolute atomic E-state index is 0.114. The maximum atomic E-state index is 12.5. The van der Waals surface area contributed by atoms with Gasteiger partial charge in [-0.1, -0.05) is 59.1 Å². The zero-order valence-corrected chi connectivity index (χ0v) is 17.1. The minimum atomic E-state index is -1.90. The standard InChI is InChI=1S/C19H37NO2Si/c1-16-17(22-23(5,6)19(2,3)4)14-12-10-8-7-9-11-13-15-20-18(16)21/h12,14,16-17H,7-11,13,15H2,1-6H3,(H,20,21)/b14-12+/t16-,17-/m0/s1. The van der Waals surface area contributed by atoms with Crippen molar-refractivity contribution in [2.75, 3.05) is 6.54 Å². The number of amides is 1. The molecule has 4 heteroatoms. The number of allylic oxidation sites excluding steroid dienone is 1. The van der Waals surface area contributed by atoms with Gasteiger partial charge in [0.2, 0.25) is 5.91 Å². The van der Waals surface area contributed by atoms with Crippen LogP contribution >= 0.6 is 0 Å². The highest BCUT2D eigenvalue weighted by Crippen LogP contribution is 2.38. The van der Waals surface area contributed by atoms with Crippen LogP contribution in [0.1, 0.15) is 66.2 Å². The maximum Gasteiger partial charge on any atom is 0.225 e. The summed E-state index contributed by atoms with van der Waals surface area (Å²) in [6.45, 7) is 14.0. The van der Waals surface area contributed by atoms with Crippen LogP contribution in [-0.2, 0) is 9.22 Å². The topological polar surface area (TPSA) is 38.3 Å².